The van der Waals surface area contributed by atoms with Gasteiger partial charge in [0.1, 0.15) is 0 Å². The second-order valence-electron chi connectivity index (χ2n) is 7.41. The van der Waals surface area contributed by atoms with E-state index in [0.717, 1.165) is 18.8 Å². The maximum atomic E-state index is 12.4. The van der Waals surface area contributed by atoms with Gasteiger partial charge in [0.15, 0.2) is 0 Å². The Hall–Kier alpha value is -2.37. The van der Waals surface area contributed by atoms with Crippen LogP contribution in [0, 0.1) is 5.92 Å². The fourth-order valence-electron chi connectivity index (χ4n) is 3.66. The molecular formula is C20H27N3O3. The van der Waals surface area contributed by atoms with Crippen molar-refractivity contribution in [2.45, 2.75) is 64.5 Å². The molecule has 2 N–H and O–H groups in total. The molecule has 2 aromatic rings. The predicted molar refractivity (Wildman–Crippen MR) is 102 cm³/mol. The van der Waals surface area contributed by atoms with Gasteiger partial charge in [-0.3, -0.25) is 14.2 Å². The number of carbonyl (C=O) groups is 1. The first-order valence-electron chi connectivity index (χ1n) is 9.56. The Bertz CT molecular complexity index is 876. The van der Waals surface area contributed by atoms with Crippen LogP contribution in [-0.2, 0) is 11.3 Å². The molecule has 0 atom stereocenters. The van der Waals surface area contributed by atoms with Gasteiger partial charge in [0.2, 0.25) is 5.91 Å². The van der Waals surface area contributed by atoms with Gasteiger partial charge in [0, 0.05) is 19.0 Å². The van der Waals surface area contributed by atoms with Crippen molar-refractivity contribution in [1.82, 2.24) is 14.9 Å². The van der Waals surface area contributed by atoms with Crippen molar-refractivity contribution in [2.75, 3.05) is 0 Å². The van der Waals surface area contributed by atoms with Crippen LogP contribution in [0.1, 0.15) is 51.9 Å². The molecule has 0 unspecified atom stereocenters. The Morgan fingerprint density at radius 2 is 1.88 bits per heavy atom. The second-order valence-corrected chi connectivity index (χ2v) is 7.41. The lowest BCUT2D eigenvalue weighted by Gasteiger charge is -2.26. The van der Waals surface area contributed by atoms with Crippen molar-refractivity contribution in [1.29, 1.82) is 0 Å². The molecule has 0 radical (unpaired) electrons. The average molecular weight is 357 g/mol. The van der Waals surface area contributed by atoms with Gasteiger partial charge in [0.05, 0.1) is 10.9 Å². The number of benzene rings is 1. The first-order chi connectivity index (χ1) is 12.5. The number of nitrogens with one attached hydrogen (secondary N) is 2. The molecule has 6 heteroatoms. The molecule has 140 valence electrons. The van der Waals surface area contributed by atoms with E-state index in [4.69, 9.17) is 0 Å². The summed E-state index contributed by atoms with van der Waals surface area (Å²) in [5.41, 5.74) is -0.112. The number of H-pyrrole nitrogens is 1. The molecule has 1 aliphatic carbocycles. The third-order valence-electron chi connectivity index (χ3n) is 5.31. The van der Waals surface area contributed by atoms with Crippen molar-refractivity contribution in [3.05, 3.63) is 45.1 Å². The van der Waals surface area contributed by atoms with Crippen LogP contribution in [0.2, 0.25) is 0 Å². The van der Waals surface area contributed by atoms with Crippen molar-refractivity contribution < 1.29 is 4.79 Å². The number of nitrogens with zero attached hydrogens (tertiary/aromatic N) is 1. The van der Waals surface area contributed by atoms with Crippen LogP contribution >= 0.6 is 0 Å². The lowest BCUT2D eigenvalue weighted by molar-refractivity contribution is -0.122. The van der Waals surface area contributed by atoms with E-state index in [1.54, 1.807) is 24.3 Å². The van der Waals surface area contributed by atoms with Gasteiger partial charge in [0.25, 0.3) is 5.56 Å². The normalized spacial score (nSPS) is 20.2. The number of amides is 1. The van der Waals surface area contributed by atoms with E-state index in [0.29, 0.717) is 42.8 Å². The second kappa shape index (κ2) is 8.34. The summed E-state index contributed by atoms with van der Waals surface area (Å²) in [6, 6.07) is 7.31. The largest absolute Gasteiger partial charge is 0.353 e. The molecule has 1 fully saturated rings. The van der Waals surface area contributed by atoms with E-state index in [1.807, 2.05) is 0 Å². The van der Waals surface area contributed by atoms with Gasteiger partial charge in [-0.05, 0) is 56.6 Å². The zero-order valence-corrected chi connectivity index (χ0v) is 15.3. The van der Waals surface area contributed by atoms with Gasteiger partial charge in [-0.2, -0.15) is 0 Å². The summed E-state index contributed by atoms with van der Waals surface area (Å²) >= 11 is 0. The summed E-state index contributed by atoms with van der Waals surface area (Å²) in [6.07, 6.45) is 6.21. The SMILES string of the molecule is CC1CCC(NC(=O)CCCCn2c(=O)[nH]c3ccccc3c2=O)CC1. The molecule has 1 saturated carbocycles. The van der Waals surface area contributed by atoms with E-state index < -0.39 is 5.69 Å². The molecule has 0 aliphatic heterocycles. The van der Waals surface area contributed by atoms with E-state index in [9.17, 15) is 14.4 Å². The molecule has 1 amide bonds. The number of hydrogen-bond donors (Lipinski definition) is 2. The number of carbonyl (C=O) groups excluding carboxylic acids is 1. The summed E-state index contributed by atoms with van der Waals surface area (Å²) in [4.78, 5) is 39.3. The van der Waals surface area contributed by atoms with Crippen LogP contribution < -0.4 is 16.6 Å². The highest BCUT2D eigenvalue weighted by atomic mass is 16.2. The maximum Gasteiger partial charge on any atom is 0.328 e. The van der Waals surface area contributed by atoms with E-state index in [1.165, 1.54) is 17.4 Å². The average Bonchev–Trinajstić information content (AvgIpc) is 2.63. The molecule has 1 heterocycles. The van der Waals surface area contributed by atoms with Crippen LogP contribution in [0.4, 0.5) is 0 Å². The highest BCUT2D eigenvalue weighted by Crippen LogP contribution is 2.23. The van der Waals surface area contributed by atoms with Crippen molar-refractivity contribution in [2.24, 2.45) is 5.92 Å². The lowest BCUT2D eigenvalue weighted by atomic mass is 9.87. The number of para-hydroxylation sites is 1. The Morgan fingerprint density at radius 3 is 2.65 bits per heavy atom. The first-order valence-corrected chi connectivity index (χ1v) is 9.56. The summed E-state index contributed by atoms with van der Waals surface area (Å²) in [5, 5.41) is 3.62. The van der Waals surface area contributed by atoms with Crippen LogP contribution in [0.25, 0.3) is 10.9 Å². The number of hydrogen-bond acceptors (Lipinski definition) is 3. The third kappa shape index (κ3) is 4.42. The Morgan fingerprint density at radius 1 is 1.15 bits per heavy atom. The minimum absolute atomic E-state index is 0.0734. The molecule has 26 heavy (non-hydrogen) atoms. The Labute approximate surface area is 152 Å². The van der Waals surface area contributed by atoms with Crippen LogP contribution in [0.5, 0.6) is 0 Å². The summed E-state index contributed by atoms with van der Waals surface area (Å²) in [5.74, 6) is 0.839. The summed E-state index contributed by atoms with van der Waals surface area (Å²) in [6.45, 7) is 2.59. The van der Waals surface area contributed by atoms with Crippen molar-refractivity contribution in [3.63, 3.8) is 0 Å². The maximum absolute atomic E-state index is 12.4. The minimum atomic E-state index is -0.394. The topological polar surface area (TPSA) is 84.0 Å². The van der Waals surface area contributed by atoms with Crippen LogP contribution in [0.3, 0.4) is 0 Å². The standard InChI is InChI=1S/C20H27N3O3/c1-14-9-11-15(12-10-14)21-18(24)8-4-5-13-23-19(25)16-6-2-3-7-17(16)22-20(23)26/h2-3,6-7,14-15H,4-5,8-13H2,1H3,(H,21,24)(H,22,26). The lowest BCUT2D eigenvalue weighted by Crippen LogP contribution is -2.37. The summed E-state index contributed by atoms with van der Waals surface area (Å²) < 4.78 is 1.22. The Kier molecular flexibility index (Phi) is 5.91. The molecule has 0 bridgehead atoms. The minimum Gasteiger partial charge on any atom is -0.353 e. The van der Waals surface area contributed by atoms with Gasteiger partial charge >= 0.3 is 5.69 Å². The van der Waals surface area contributed by atoms with Gasteiger partial charge in [-0.15, -0.1) is 0 Å². The Balaban J connectivity index is 1.49. The van der Waals surface area contributed by atoms with Crippen molar-refractivity contribution >= 4 is 16.8 Å². The number of unbranched alkanes of at least 4 members (excludes halogenated alkanes) is 1. The smallest absolute Gasteiger partial charge is 0.328 e. The molecule has 1 aliphatic rings. The molecule has 0 spiro atoms. The monoisotopic (exact) mass is 357 g/mol. The quantitative estimate of drug-likeness (QED) is 0.779. The van der Waals surface area contributed by atoms with Crippen LogP contribution in [-0.4, -0.2) is 21.5 Å². The zero-order valence-electron chi connectivity index (χ0n) is 15.3. The predicted octanol–water partition coefficient (Wildman–Crippen LogP) is 2.56. The molecule has 0 saturated heterocycles. The highest BCUT2D eigenvalue weighted by molar-refractivity contribution is 5.77. The van der Waals surface area contributed by atoms with Gasteiger partial charge < -0.3 is 10.3 Å². The molecule has 1 aromatic carbocycles. The van der Waals surface area contributed by atoms with Crippen LogP contribution in [0.15, 0.2) is 33.9 Å². The fraction of sp³-hybridized carbons (Fsp3) is 0.550. The van der Waals surface area contributed by atoms with E-state index in [2.05, 4.69) is 17.2 Å². The molecule has 1 aromatic heterocycles. The fourth-order valence-corrected chi connectivity index (χ4v) is 3.66. The zero-order chi connectivity index (χ0) is 18.5. The van der Waals surface area contributed by atoms with Gasteiger partial charge in [-0.25, -0.2) is 4.79 Å². The number of fused-ring (bicyclic) bond motifs is 1. The van der Waals surface area contributed by atoms with E-state index >= 15 is 0 Å². The number of aromatic amines is 1. The highest BCUT2D eigenvalue weighted by Gasteiger charge is 2.19. The molecule has 6 nitrogen and oxygen atoms in total. The summed E-state index contributed by atoms with van der Waals surface area (Å²) in [7, 11) is 0. The number of rotatable bonds is 6. The van der Waals surface area contributed by atoms with Gasteiger partial charge in [-0.1, -0.05) is 19.1 Å². The third-order valence-corrected chi connectivity index (χ3v) is 5.31. The first kappa shape index (κ1) is 18.4. The molecule has 3 rings (SSSR count). The van der Waals surface area contributed by atoms with Crippen molar-refractivity contribution in [3.8, 4) is 0 Å². The molecular weight excluding hydrogens is 330 g/mol. The van der Waals surface area contributed by atoms with E-state index in [-0.39, 0.29) is 11.5 Å². The number of aromatic nitrogens is 2.